The van der Waals surface area contributed by atoms with Gasteiger partial charge in [-0.15, -0.1) is 0 Å². The van der Waals surface area contributed by atoms with E-state index in [0.29, 0.717) is 12.4 Å². The lowest BCUT2D eigenvalue weighted by atomic mass is 10.1. The van der Waals surface area contributed by atoms with E-state index >= 15 is 0 Å². The lowest BCUT2D eigenvalue weighted by Gasteiger charge is -2.29. The summed E-state index contributed by atoms with van der Waals surface area (Å²) < 4.78 is 21.8. The lowest BCUT2D eigenvalue weighted by molar-refractivity contribution is -0.217. The van der Waals surface area contributed by atoms with Crippen molar-refractivity contribution in [1.29, 1.82) is 0 Å². The van der Waals surface area contributed by atoms with Crippen LogP contribution in [0, 0.1) is 0 Å². The van der Waals surface area contributed by atoms with Crippen molar-refractivity contribution in [2.24, 2.45) is 0 Å². The SMILES string of the molecule is CCCCC[C@H]1OCC[C@@H](CC(=O)Oc2ccc(OC)cc2)O1. The molecular weight excluding hydrogens is 296 g/mol. The predicted molar refractivity (Wildman–Crippen MR) is 86.6 cm³/mol. The maximum Gasteiger partial charge on any atom is 0.313 e. The molecule has 5 heteroatoms. The summed E-state index contributed by atoms with van der Waals surface area (Å²) in [6, 6.07) is 6.96. The molecule has 0 unspecified atom stereocenters. The normalized spacial score (nSPS) is 21.0. The number of methoxy groups -OCH3 is 1. The molecule has 0 saturated carbocycles. The summed E-state index contributed by atoms with van der Waals surface area (Å²) in [5, 5.41) is 0. The van der Waals surface area contributed by atoms with Gasteiger partial charge in [0.25, 0.3) is 0 Å². The number of carbonyl (C=O) groups is 1. The first-order chi connectivity index (χ1) is 11.2. The minimum absolute atomic E-state index is 0.124. The standard InChI is InChI=1S/C18H26O5/c1-3-4-5-6-18-21-12-11-16(23-18)13-17(19)22-15-9-7-14(20-2)8-10-15/h7-10,16,18H,3-6,11-13H2,1-2H3/t16-,18-/m0/s1. The molecule has 128 valence electrons. The molecule has 0 radical (unpaired) electrons. The van der Waals surface area contributed by atoms with Gasteiger partial charge in [0.05, 0.1) is 26.2 Å². The topological polar surface area (TPSA) is 54.0 Å². The maximum atomic E-state index is 12.0. The highest BCUT2D eigenvalue weighted by Gasteiger charge is 2.25. The Morgan fingerprint density at radius 3 is 2.65 bits per heavy atom. The maximum absolute atomic E-state index is 12.0. The molecule has 1 aromatic rings. The van der Waals surface area contributed by atoms with Crippen molar-refractivity contribution < 1.29 is 23.7 Å². The minimum atomic E-state index is -0.283. The molecule has 23 heavy (non-hydrogen) atoms. The van der Waals surface area contributed by atoms with Crippen LogP contribution in [0.3, 0.4) is 0 Å². The smallest absolute Gasteiger partial charge is 0.313 e. The molecule has 1 fully saturated rings. The van der Waals surface area contributed by atoms with Crippen molar-refractivity contribution in [3.05, 3.63) is 24.3 Å². The second kappa shape index (κ2) is 9.53. The van der Waals surface area contributed by atoms with Crippen molar-refractivity contribution >= 4 is 5.97 Å². The van der Waals surface area contributed by atoms with Gasteiger partial charge in [-0.2, -0.15) is 0 Å². The summed E-state index contributed by atoms with van der Waals surface area (Å²) in [4.78, 5) is 12.0. The van der Waals surface area contributed by atoms with Crippen molar-refractivity contribution in [2.75, 3.05) is 13.7 Å². The first-order valence-electron chi connectivity index (χ1n) is 8.33. The molecule has 0 bridgehead atoms. The van der Waals surface area contributed by atoms with Gasteiger partial charge in [-0.05, 0) is 43.5 Å². The second-order valence-corrected chi connectivity index (χ2v) is 5.70. The quantitative estimate of drug-likeness (QED) is 0.415. The van der Waals surface area contributed by atoms with Gasteiger partial charge < -0.3 is 18.9 Å². The van der Waals surface area contributed by atoms with Gasteiger partial charge in [-0.25, -0.2) is 0 Å². The molecule has 1 saturated heterocycles. The molecule has 1 aliphatic rings. The number of benzene rings is 1. The highest BCUT2D eigenvalue weighted by atomic mass is 16.7. The number of esters is 1. The van der Waals surface area contributed by atoms with Crippen molar-refractivity contribution in [3.63, 3.8) is 0 Å². The van der Waals surface area contributed by atoms with Crippen LogP contribution in [0.4, 0.5) is 0 Å². The molecule has 0 aromatic heterocycles. The van der Waals surface area contributed by atoms with Crippen molar-refractivity contribution in [1.82, 2.24) is 0 Å². The molecule has 0 spiro atoms. The largest absolute Gasteiger partial charge is 0.497 e. The molecule has 2 rings (SSSR count). The Labute approximate surface area is 137 Å². The fourth-order valence-corrected chi connectivity index (χ4v) is 2.52. The molecule has 1 aliphatic heterocycles. The van der Waals surface area contributed by atoms with Gasteiger partial charge >= 0.3 is 5.97 Å². The molecule has 5 nitrogen and oxygen atoms in total. The Morgan fingerprint density at radius 1 is 1.22 bits per heavy atom. The zero-order valence-corrected chi connectivity index (χ0v) is 14.0. The second-order valence-electron chi connectivity index (χ2n) is 5.70. The van der Waals surface area contributed by atoms with E-state index in [0.717, 1.165) is 25.0 Å². The fraction of sp³-hybridized carbons (Fsp3) is 0.611. The zero-order valence-electron chi connectivity index (χ0n) is 14.0. The molecular formula is C18H26O5. The summed E-state index contributed by atoms with van der Waals surface area (Å²) in [5.74, 6) is 0.962. The first kappa shape index (κ1) is 17.8. The van der Waals surface area contributed by atoms with Crippen LogP contribution in [-0.2, 0) is 14.3 Å². The van der Waals surface area contributed by atoms with Gasteiger partial charge in [-0.3, -0.25) is 4.79 Å². The van der Waals surface area contributed by atoms with Crippen LogP contribution in [0.5, 0.6) is 11.5 Å². The number of ether oxygens (including phenoxy) is 4. The van der Waals surface area contributed by atoms with E-state index in [-0.39, 0.29) is 24.8 Å². The van der Waals surface area contributed by atoms with E-state index in [9.17, 15) is 4.79 Å². The number of hydrogen-bond donors (Lipinski definition) is 0. The molecule has 0 N–H and O–H groups in total. The fourth-order valence-electron chi connectivity index (χ4n) is 2.52. The third-order valence-corrected chi connectivity index (χ3v) is 3.82. The van der Waals surface area contributed by atoms with Crippen LogP contribution < -0.4 is 9.47 Å². The van der Waals surface area contributed by atoms with Crippen LogP contribution in [0.1, 0.15) is 45.4 Å². The third kappa shape index (κ3) is 6.20. The Morgan fingerprint density at radius 2 is 1.96 bits per heavy atom. The molecule has 0 amide bonds. The summed E-state index contributed by atoms with van der Waals surface area (Å²) >= 11 is 0. The first-order valence-corrected chi connectivity index (χ1v) is 8.33. The molecule has 1 aromatic carbocycles. The summed E-state index contributed by atoms with van der Waals surface area (Å²) in [7, 11) is 1.60. The van der Waals surface area contributed by atoms with E-state index in [4.69, 9.17) is 18.9 Å². The lowest BCUT2D eigenvalue weighted by Crippen LogP contribution is -2.34. The van der Waals surface area contributed by atoms with Gasteiger partial charge in [0.1, 0.15) is 11.5 Å². The Bertz CT molecular complexity index is 471. The monoisotopic (exact) mass is 322 g/mol. The van der Waals surface area contributed by atoms with E-state index in [1.807, 2.05) is 0 Å². The number of unbranched alkanes of at least 4 members (excludes halogenated alkanes) is 2. The van der Waals surface area contributed by atoms with Gasteiger partial charge in [0, 0.05) is 0 Å². The van der Waals surface area contributed by atoms with E-state index in [1.54, 1.807) is 31.4 Å². The average molecular weight is 322 g/mol. The number of carbonyl (C=O) groups excluding carboxylic acids is 1. The van der Waals surface area contributed by atoms with Gasteiger partial charge in [0.2, 0.25) is 0 Å². The Kier molecular flexibility index (Phi) is 7.36. The van der Waals surface area contributed by atoms with Crippen LogP contribution in [0.15, 0.2) is 24.3 Å². The molecule has 0 aliphatic carbocycles. The van der Waals surface area contributed by atoms with Crippen LogP contribution in [0.2, 0.25) is 0 Å². The number of hydrogen-bond acceptors (Lipinski definition) is 5. The van der Waals surface area contributed by atoms with Gasteiger partial charge in [-0.1, -0.05) is 19.8 Å². The van der Waals surface area contributed by atoms with E-state index < -0.39 is 0 Å². The summed E-state index contributed by atoms with van der Waals surface area (Å²) in [6.45, 7) is 2.80. The molecule has 1 heterocycles. The average Bonchev–Trinajstić information content (AvgIpc) is 2.56. The Balaban J connectivity index is 1.75. The zero-order chi connectivity index (χ0) is 16.5. The third-order valence-electron chi connectivity index (χ3n) is 3.82. The van der Waals surface area contributed by atoms with Crippen LogP contribution in [-0.4, -0.2) is 32.1 Å². The van der Waals surface area contributed by atoms with Crippen LogP contribution in [0.25, 0.3) is 0 Å². The summed E-state index contributed by atoms with van der Waals surface area (Å²) in [5.41, 5.74) is 0. The highest BCUT2D eigenvalue weighted by molar-refractivity contribution is 5.72. The number of rotatable bonds is 8. The predicted octanol–water partition coefficient (Wildman–Crippen LogP) is 3.70. The summed E-state index contributed by atoms with van der Waals surface area (Å²) in [6.07, 6.45) is 4.98. The van der Waals surface area contributed by atoms with Gasteiger partial charge in [0.15, 0.2) is 6.29 Å². The van der Waals surface area contributed by atoms with Crippen LogP contribution >= 0.6 is 0 Å². The highest BCUT2D eigenvalue weighted by Crippen LogP contribution is 2.21. The Hall–Kier alpha value is -1.59. The van der Waals surface area contributed by atoms with Crippen molar-refractivity contribution in [2.45, 2.75) is 57.8 Å². The minimum Gasteiger partial charge on any atom is -0.497 e. The van der Waals surface area contributed by atoms with E-state index in [1.165, 1.54) is 12.8 Å². The van der Waals surface area contributed by atoms with E-state index in [2.05, 4.69) is 6.92 Å². The van der Waals surface area contributed by atoms with Crippen molar-refractivity contribution in [3.8, 4) is 11.5 Å². The molecule has 2 atom stereocenters.